The molecule has 0 spiro atoms. The summed E-state index contributed by atoms with van der Waals surface area (Å²) < 4.78 is 47.9. The average Bonchev–Trinajstić information content (AvgIpc) is 3.15. The maximum Gasteiger partial charge on any atom is 0.491 e. The minimum atomic E-state index is -5.19. The van der Waals surface area contributed by atoms with Crippen molar-refractivity contribution in [2.24, 2.45) is 5.73 Å². The largest absolute Gasteiger partial charge is 0.491 e. The highest BCUT2D eigenvalue weighted by atomic mass is 19.4. The zero-order valence-electron chi connectivity index (χ0n) is 28.9. The number of amides is 3. The number of benzene rings is 4. The lowest BCUT2D eigenvalue weighted by atomic mass is 9.97. The lowest BCUT2D eigenvalue weighted by molar-refractivity contribution is -0.189. The molecule has 0 radical (unpaired) electrons. The lowest BCUT2D eigenvalue weighted by Gasteiger charge is -2.31. The molecule has 14 heteroatoms. The molecular weight excluding hydrogens is 693 g/mol. The molecule has 0 fully saturated rings. The van der Waals surface area contributed by atoms with Crippen molar-refractivity contribution in [1.82, 2.24) is 15.5 Å². The van der Waals surface area contributed by atoms with E-state index < -0.39 is 42.5 Å². The van der Waals surface area contributed by atoms with Crippen LogP contribution in [0.3, 0.4) is 0 Å². The highest BCUT2D eigenvalue weighted by Crippen LogP contribution is 2.27. The Morgan fingerprint density at radius 1 is 0.811 bits per heavy atom. The summed E-state index contributed by atoms with van der Waals surface area (Å²) in [6.07, 6.45) is -5.32. The first-order valence-electron chi connectivity index (χ1n) is 16.7. The monoisotopic (exact) mass is 732 g/mol. The molecule has 0 saturated carbocycles. The van der Waals surface area contributed by atoms with Crippen molar-refractivity contribution in [3.8, 4) is 16.9 Å². The van der Waals surface area contributed by atoms with Gasteiger partial charge in [-0.15, -0.1) is 0 Å². The number of carbonyl (C=O) groups is 5. The van der Waals surface area contributed by atoms with E-state index in [1.54, 1.807) is 79.7 Å². The number of hydrogen-bond acceptors (Lipinski definition) is 8. The van der Waals surface area contributed by atoms with Crippen molar-refractivity contribution < 1.29 is 46.6 Å². The van der Waals surface area contributed by atoms with Gasteiger partial charge in [0.25, 0.3) is 5.91 Å². The third kappa shape index (κ3) is 11.8. The number of esters is 2. The Balaban J connectivity index is 1.66. The second-order valence-corrected chi connectivity index (χ2v) is 11.8. The first kappa shape index (κ1) is 39.8. The Bertz CT molecular complexity index is 1890. The summed E-state index contributed by atoms with van der Waals surface area (Å²) in [6.45, 7) is 1.53. The summed E-state index contributed by atoms with van der Waals surface area (Å²) in [5.41, 5.74) is 8.95. The van der Waals surface area contributed by atoms with Gasteiger partial charge in [-0.25, -0.2) is 9.59 Å². The highest BCUT2D eigenvalue weighted by molar-refractivity contribution is 6.01. The molecule has 0 bridgehead atoms. The molecule has 11 nitrogen and oxygen atoms in total. The maximum atomic E-state index is 14.0. The molecular formula is C39H39F3N4O7. The number of hydrogen-bond donors (Lipinski definition) is 3. The van der Waals surface area contributed by atoms with E-state index in [1.807, 2.05) is 6.07 Å². The van der Waals surface area contributed by atoms with E-state index in [9.17, 15) is 37.1 Å². The third-order valence-electron chi connectivity index (χ3n) is 7.89. The molecule has 0 aliphatic rings. The fraction of sp³-hybridized carbons (Fsp3) is 0.256. The number of nitrogens with two attached hydrogens (primary N) is 1. The van der Waals surface area contributed by atoms with Crippen molar-refractivity contribution in [3.63, 3.8) is 0 Å². The van der Waals surface area contributed by atoms with Crippen LogP contribution in [0.4, 0.5) is 13.2 Å². The second-order valence-electron chi connectivity index (χ2n) is 11.8. The van der Waals surface area contributed by atoms with Crippen molar-refractivity contribution in [2.45, 2.75) is 38.5 Å². The van der Waals surface area contributed by atoms with E-state index in [0.717, 1.165) is 17.7 Å². The van der Waals surface area contributed by atoms with E-state index in [-0.39, 0.29) is 50.7 Å². The third-order valence-corrected chi connectivity index (χ3v) is 7.89. The molecule has 4 aromatic carbocycles. The van der Waals surface area contributed by atoms with Crippen molar-refractivity contribution >= 4 is 29.7 Å². The van der Waals surface area contributed by atoms with Gasteiger partial charge in [0.1, 0.15) is 11.8 Å². The standard InChI is InChI=1S/C39H39F3N4O7/c1-2-52-37(50)33(22-27-15-17-30(18-16-27)53-38(51)39(40,41)42)46(35(48)24-45-34(47)23-26-9-4-3-5-10-26)25-28-11-8-12-29(21-28)31-13-6-7-14-32(31)36(49)44-20-19-43/h3-18,21,33H,2,19-20,22-25,43H2,1H3,(H,44,49)(H,45,47)/t33-/m0/s1. The Kier molecular flexibility index (Phi) is 14.3. The predicted octanol–water partition coefficient (Wildman–Crippen LogP) is 4.37. The number of nitrogens with zero attached hydrogens (tertiary/aromatic N) is 1. The van der Waals surface area contributed by atoms with Crippen molar-refractivity contribution in [3.05, 3.63) is 125 Å². The first-order valence-corrected chi connectivity index (χ1v) is 16.7. The molecule has 0 heterocycles. The zero-order chi connectivity index (χ0) is 38.4. The molecule has 0 unspecified atom stereocenters. The summed E-state index contributed by atoms with van der Waals surface area (Å²) in [4.78, 5) is 65.8. The predicted molar refractivity (Wildman–Crippen MR) is 189 cm³/mol. The van der Waals surface area contributed by atoms with Gasteiger partial charge in [0.05, 0.1) is 19.6 Å². The number of rotatable bonds is 16. The molecule has 0 aromatic heterocycles. The van der Waals surface area contributed by atoms with E-state index in [2.05, 4.69) is 15.4 Å². The number of ether oxygens (including phenoxy) is 2. The molecule has 278 valence electrons. The zero-order valence-corrected chi connectivity index (χ0v) is 28.9. The van der Waals surface area contributed by atoms with Crippen LogP contribution in [-0.2, 0) is 43.3 Å². The van der Waals surface area contributed by atoms with Crippen LogP contribution in [0.2, 0.25) is 0 Å². The minimum absolute atomic E-state index is 0.0149. The molecule has 4 rings (SSSR count). The van der Waals surface area contributed by atoms with Gasteiger partial charge in [-0.2, -0.15) is 13.2 Å². The van der Waals surface area contributed by atoms with Gasteiger partial charge in [-0.05, 0) is 59.0 Å². The number of alkyl halides is 3. The van der Waals surface area contributed by atoms with Crippen LogP contribution in [0.15, 0.2) is 103 Å². The summed E-state index contributed by atoms with van der Waals surface area (Å²) in [5.74, 6) is -4.88. The highest BCUT2D eigenvalue weighted by Gasteiger charge is 2.41. The Morgan fingerprint density at radius 2 is 1.49 bits per heavy atom. The first-order chi connectivity index (χ1) is 25.4. The Hall–Kier alpha value is -6.02. The number of carbonyl (C=O) groups excluding carboxylic acids is 5. The topological polar surface area (TPSA) is 157 Å². The molecule has 1 atom stereocenters. The van der Waals surface area contributed by atoms with E-state index in [0.29, 0.717) is 27.8 Å². The fourth-order valence-electron chi connectivity index (χ4n) is 5.38. The number of halogens is 3. The Morgan fingerprint density at radius 3 is 2.17 bits per heavy atom. The normalized spacial score (nSPS) is 11.6. The molecule has 0 saturated heterocycles. The van der Waals surface area contributed by atoms with Gasteiger partial charge >= 0.3 is 18.1 Å². The van der Waals surface area contributed by atoms with Gasteiger partial charge in [0.2, 0.25) is 11.8 Å². The van der Waals surface area contributed by atoms with Gasteiger partial charge in [0, 0.05) is 31.6 Å². The van der Waals surface area contributed by atoms with Gasteiger partial charge < -0.3 is 30.7 Å². The number of nitrogens with one attached hydrogen (secondary N) is 2. The summed E-state index contributed by atoms with van der Waals surface area (Å²) in [7, 11) is 0. The van der Waals surface area contributed by atoms with Gasteiger partial charge in [-0.3, -0.25) is 14.4 Å². The second kappa shape index (κ2) is 19.0. The van der Waals surface area contributed by atoms with Crippen LogP contribution in [0.1, 0.15) is 34.0 Å². The van der Waals surface area contributed by atoms with E-state index in [1.165, 1.54) is 17.0 Å². The Labute approximate surface area is 304 Å². The van der Waals surface area contributed by atoms with Crippen LogP contribution < -0.4 is 21.1 Å². The maximum absolute atomic E-state index is 14.0. The molecule has 53 heavy (non-hydrogen) atoms. The van der Waals surface area contributed by atoms with Crippen LogP contribution in [-0.4, -0.2) is 73.0 Å². The van der Waals surface area contributed by atoms with E-state index >= 15 is 0 Å². The molecule has 0 aliphatic heterocycles. The lowest BCUT2D eigenvalue weighted by Crippen LogP contribution is -2.50. The quantitative estimate of drug-likeness (QED) is 0.113. The minimum Gasteiger partial charge on any atom is -0.464 e. The molecule has 0 aliphatic carbocycles. The smallest absolute Gasteiger partial charge is 0.464 e. The van der Waals surface area contributed by atoms with Gasteiger partial charge in [-0.1, -0.05) is 78.9 Å². The van der Waals surface area contributed by atoms with Crippen molar-refractivity contribution in [1.29, 1.82) is 0 Å². The van der Waals surface area contributed by atoms with Gasteiger partial charge in [0.15, 0.2) is 0 Å². The SMILES string of the molecule is CCOC(=O)[C@H](Cc1ccc(OC(=O)C(F)(F)F)cc1)N(Cc1cccc(-c2ccccc2C(=O)NCCN)c1)C(=O)CNC(=O)Cc1ccccc1. The van der Waals surface area contributed by atoms with Crippen LogP contribution in [0.25, 0.3) is 11.1 Å². The molecule has 4 aromatic rings. The summed E-state index contributed by atoms with van der Waals surface area (Å²) in [5, 5.41) is 5.39. The average molecular weight is 733 g/mol. The van der Waals surface area contributed by atoms with Crippen LogP contribution in [0.5, 0.6) is 5.75 Å². The van der Waals surface area contributed by atoms with E-state index in [4.69, 9.17) is 10.5 Å². The van der Waals surface area contributed by atoms with Crippen LogP contribution in [0, 0.1) is 0 Å². The summed E-state index contributed by atoms with van der Waals surface area (Å²) >= 11 is 0. The molecule has 4 N–H and O–H groups in total. The fourth-order valence-corrected chi connectivity index (χ4v) is 5.38. The molecule has 3 amide bonds. The van der Waals surface area contributed by atoms with Crippen LogP contribution >= 0.6 is 0 Å². The van der Waals surface area contributed by atoms with Crippen molar-refractivity contribution in [2.75, 3.05) is 26.2 Å². The summed E-state index contributed by atoms with van der Waals surface area (Å²) in [6, 6.07) is 26.7.